The summed E-state index contributed by atoms with van der Waals surface area (Å²) in [5.74, 6) is 2.60. The second-order valence-electron chi connectivity index (χ2n) is 8.66. The van der Waals surface area contributed by atoms with E-state index in [-0.39, 0.29) is 29.4 Å². The Balaban J connectivity index is 0.00000240. The average Bonchev–Trinajstić information content (AvgIpc) is 3.18. The number of halogens is 1. The summed E-state index contributed by atoms with van der Waals surface area (Å²) in [4.78, 5) is 9.68. The van der Waals surface area contributed by atoms with Crippen LogP contribution in [0.4, 0.5) is 5.69 Å². The van der Waals surface area contributed by atoms with Crippen molar-refractivity contribution in [3.63, 3.8) is 0 Å². The molecule has 29 heavy (non-hydrogen) atoms. The number of benzene rings is 1. The fourth-order valence-corrected chi connectivity index (χ4v) is 5.11. The Morgan fingerprint density at radius 2 is 1.90 bits per heavy atom. The molecule has 2 saturated heterocycles. The molecule has 1 N–H and O–H groups in total. The molecule has 1 aromatic rings. The largest absolute Gasteiger partial charge is 0.497 e. The Hall–Kier alpha value is -1.22. The number of methoxy groups -OCH3 is 1. The van der Waals surface area contributed by atoms with Crippen LogP contribution in [0, 0.1) is 11.3 Å². The Morgan fingerprint density at radius 3 is 2.52 bits per heavy atom. The maximum Gasteiger partial charge on any atom is 0.194 e. The van der Waals surface area contributed by atoms with Crippen LogP contribution in [-0.2, 0) is 4.74 Å². The van der Waals surface area contributed by atoms with Gasteiger partial charge in [-0.2, -0.15) is 0 Å². The van der Waals surface area contributed by atoms with Crippen molar-refractivity contribution in [1.29, 1.82) is 0 Å². The predicted octanol–water partition coefficient (Wildman–Crippen LogP) is 3.21. The van der Waals surface area contributed by atoms with Crippen molar-refractivity contribution in [2.24, 2.45) is 16.3 Å². The van der Waals surface area contributed by atoms with Gasteiger partial charge in [-0.15, -0.1) is 24.0 Å². The number of rotatable bonds is 4. The summed E-state index contributed by atoms with van der Waals surface area (Å²) >= 11 is 0. The zero-order chi connectivity index (χ0) is 19.7. The first-order valence-electron chi connectivity index (χ1n) is 10.6. The number of ether oxygens (including phenoxy) is 2. The van der Waals surface area contributed by atoms with E-state index in [4.69, 9.17) is 14.5 Å². The van der Waals surface area contributed by atoms with Crippen LogP contribution < -0.4 is 15.0 Å². The number of guanidine groups is 1. The van der Waals surface area contributed by atoms with Crippen LogP contribution in [0.2, 0.25) is 0 Å². The van der Waals surface area contributed by atoms with Crippen molar-refractivity contribution in [3.8, 4) is 5.75 Å². The van der Waals surface area contributed by atoms with Gasteiger partial charge >= 0.3 is 0 Å². The van der Waals surface area contributed by atoms with E-state index < -0.39 is 0 Å². The zero-order valence-electron chi connectivity index (χ0n) is 18.1. The maximum absolute atomic E-state index is 5.95. The SMILES string of the molecule is CCN=C(NC1C2CCOC2C1(C)C)N1CCN(c2ccc(OC)cc2)CC1.I. The molecule has 162 valence electrons. The molecule has 0 amide bonds. The molecular weight excluding hydrogens is 479 g/mol. The molecule has 0 radical (unpaired) electrons. The van der Waals surface area contributed by atoms with E-state index in [1.165, 1.54) is 5.69 Å². The topological polar surface area (TPSA) is 49.3 Å². The molecule has 0 aromatic heterocycles. The first-order valence-corrected chi connectivity index (χ1v) is 10.6. The number of nitrogens with zero attached hydrogens (tertiary/aromatic N) is 3. The molecule has 1 aromatic carbocycles. The molecule has 0 bridgehead atoms. The van der Waals surface area contributed by atoms with Crippen molar-refractivity contribution in [2.45, 2.75) is 39.3 Å². The smallest absolute Gasteiger partial charge is 0.194 e. The number of anilines is 1. The number of piperazine rings is 1. The first kappa shape index (κ1) is 22.5. The molecule has 1 aliphatic carbocycles. The fourth-order valence-electron chi connectivity index (χ4n) is 5.11. The van der Waals surface area contributed by atoms with Gasteiger partial charge in [-0.3, -0.25) is 4.99 Å². The molecule has 4 rings (SSSR count). The molecule has 3 aliphatic rings. The molecule has 3 atom stereocenters. The highest BCUT2D eigenvalue weighted by atomic mass is 127. The van der Waals surface area contributed by atoms with Crippen LogP contribution in [0.5, 0.6) is 5.75 Å². The lowest BCUT2D eigenvalue weighted by Gasteiger charge is -2.55. The Bertz CT molecular complexity index is 701. The van der Waals surface area contributed by atoms with Gasteiger partial charge in [0.25, 0.3) is 0 Å². The number of fused-ring (bicyclic) bond motifs is 1. The molecule has 2 aliphatic heterocycles. The predicted molar refractivity (Wildman–Crippen MR) is 129 cm³/mol. The maximum atomic E-state index is 5.95. The molecule has 1 saturated carbocycles. The van der Waals surface area contributed by atoms with Crippen LogP contribution in [0.25, 0.3) is 0 Å². The quantitative estimate of drug-likeness (QED) is 0.380. The minimum absolute atomic E-state index is 0. The third-order valence-corrected chi connectivity index (χ3v) is 6.71. The van der Waals surface area contributed by atoms with Gasteiger partial charge in [-0.05, 0) is 37.6 Å². The summed E-state index contributed by atoms with van der Waals surface area (Å²) in [7, 11) is 1.71. The van der Waals surface area contributed by atoms with E-state index in [2.05, 4.69) is 48.0 Å². The third kappa shape index (κ3) is 4.31. The van der Waals surface area contributed by atoms with Crippen LogP contribution in [0.1, 0.15) is 27.2 Å². The van der Waals surface area contributed by atoms with Gasteiger partial charge in [0.1, 0.15) is 5.75 Å². The van der Waals surface area contributed by atoms with Gasteiger partial charge in [0, 0.05) is 62.4 Å². The number of nitrogens with one attached hydrogen (secondary N) is 1. The molecular formula is C22H35IN4O2. The third-order valence-electron chi connectivity index (χ3n) is 6.71. The van der Waals surface area contributed by atoms with Crippen molar-refractivity contribution in [3.05, 3.63) is 24.3 Å². The van der Waals surface area contributed by atoms with Crippen LogP contribution in [0.15, 0.2) is 29.3 Å². The second-order valence-corrected chi connectivity index (χ2v) is 8.66. The lowest BCUT2D eigenvalue weighted by atomic mass is 9.57. The van der Waals surface area contributed by atoms with E-state index in [1.54, 1.807) is 7.11 Å². The van der Waals surface area contributed by atoms with Gasteiger partial charge in [0.2, 0.25) is 0 Å². The van der Waals surface area contributed by atoms with Crippen molar-refractivity contribution < 1.29 is 9.47 Å². The van der Waals surface area contributed by atoms with Crippen molar-refractivity contribution in [2.75, 3.05) is 51.3 Å². The molecule has 6 nitrogen and oxygen atoms in total. The molecule has 7 heteroatoms. The Labute approximate surface area is 192 Å². The Morgan fingerprint density at radius 1 is 1.21 bits per heavy atom. The van der Waals surface area contributed by atoms with E-state index in [0.29, 0.717) is 18.1 Å². The Kier molecular flexibility index (Phi) is 7.19. The summed E-state index contributed by atoms with van der Waals surface area (Å²) in [6.45, 7) is 12.4. The highest BCUT2D eigenvalue weighted by Crippen LogP contribution is 2.52. The monoisotopic (exact) mass is 514 g/mol. The molecule has 2 heterocycles. The fraction of sp³-hybridized carbons (Fsp3) is 0.682. The summed E-state index contributed by atoms with van der Waals surface area (Å²) in [5.41, 5.74) is 1.43. The van der Waals surface area contributed by atoms with Crippen LogP contribution >= 0.6 is 24.0 Å². The zero-order valence-corrected chi connectivity index (χ0v) is 20.4. The van der Waals surface area contributed by atoms with Crippen LogP contribution in [0.3, 0.4) is 0 Å². The second kappa shape index (κ2) is 9.29. The van der Waals surface area contributed by atoms with Gasteiger partial charge in [-0.1, -0.05) is 13.8 Å². The highest BCUT2D eigenvalue weighted by molar-refractivity contribution is 14.0. The van der Waals surface area contributed by atoms with Gasteiger partial charge in [0.15, 0.2) is 5.96 Å². The normalized spacial score (nSPS) is 28.3. The van der Waals surface area contributed by atoms with E-state index in [0.717, 1.165) is 57.5 Å². The lowest BCUT2D eigenvalue weighted by molar-refractivity contribution is -0.107. The number of aliphatic imine (C=N–C) groups is 1. The molecule has 0 spiro atoms. The molecule has 3 fully saturated rings. The number of hydrogen-bond donors (Lipinski definition) is 1. The average molecular weight is 514 g/mol. The minimum atomic E-state index is 0. The van der Waals surface area contributed by atoms with Gasteiger partial charge in [-0.25, -0.2) is 0 Å². The highest BCUT2D eigenvalue weighted by Gasteiger charge is 2.59. The summed E-state index contributed by atoms with van der Waals surface area (Å²) in [6.07, 6.45) is 1.57. The summed E-state index contributed by atoms with van der Waals surface area (Å²) < 4.78 is 11.2. The summed E-state index contributed by atoms with van der Waals surface area (Å²) in [6, 6.07) is 8.80. The standard InChI is InChI=1S/C22H34N4O2.HI/c1-5-23-21(24-19-18-10-15-28-20(18)22(19,2)3)26-13-11-25(12-14-26)16-6-8-17(27-4)9-7-16;/h6-9,18-20H,5,10-15H2,1-4H3,(H,23,24);1H. The van der Waals surface area contributed by atoms with Crippen LogP contribution in [-0.4, -0.2) is 69.4 Å². The van der Waals surface area contributed by atoms with Gasteiger partial charge in [0.05, 0.1) is 13.2 Å². The van der Waals surface area contributed by atoms with Crippen molar-refractivity contribution >= 4 is 35.6 Å². The van der Waals surface area contributed by atoms with E-state index >= 15 is 0 Å². The van der Waals surface area contributed by atoms with Crippen molar-refractivity contribution in [1.82, 2.24) is 10.2 Å². The van der Waals surface area contributed by atoms with Gasteiger partial charge < -0.3 is 24.6 Å². The summed E-state index contributed by atoms with van der Waals surface area (Å²) in [5, 5.41) is 3.82. The van der Waals surface area contributed by atoms with E-state index in [9.17, 15) is 0 Å². The lowest BCUT2D eigenvalue weighted by Crippen LogP contribution is -2.68. The van der Waals surface area contributed by atoms with E-state index in [1.807, 2.05) is 12.1 Å². The minimum Gasteiger partial charge on any atom is -0.497 e. The number of hydrogen-bond acceptors (Lipinski definition) is 4. The first-order chi connectivity index (χ1) is 13.5. The molecule has 3 unspecified atom stereocenters.